The number of likely N-dealkylation sites (N-methyl/N-ethyl adjacent to an activating group) is 1. The fourth-order valence-corrected chi connectivity index (χ4v) is 1.72. The largest absolute Gasteiger partial charge is 0.491 e. The van der Waals surface area contributed by atoms with Crippen molar-refractivity contribution in [2.75, 3.05) is 32.0 Å². The van der Waals surface area contributed by atoms with Gasteiger partial charge in [0.05, 0.1) is 24.5 Å². The highest BCUT2D eigenvalue weighted by molar-refractivity contribution is 5.98. The van der Waals surface area contributed by atoms with Gasteiger partial charge in [0.15, 0.2) is 5.75 Å². The van der Waals surface area contributed by atoms with Crippen LogP contribution in [-0.2, 0) is 0 Å². The van der Waals surface area contributed by atoms with Gasteiger partial charge in [-0.25, -0.2) is 0 Å². The van der Waals surface area contributed by atoms with E-state index in [1.165, 1.54) is 0 Å². The second kappa shape index (κ2) is 6.86. The van der Waals surface area contributed by atoms with Crippen molar-refractivity contribution >= 4 is 11.6 Å². The molecule has 0 atom stereocenters. The zero-order valence-electron chi connectivity index (χ0n) is 10.8. The molecule has 0 aromatic heterocycles. The van der Waals surface area contributed by atoms with Crippen LogP contribution in [0.1, 0.15) is 24.2 Å². The van der Waals surface area contributed by atoms with Crippen LogP contribution >= 0.6 is 0 Å². The summed E-state index contributed by atoms with van der Waals surface area (Å²) in [5, 5.41) is 8.94. The van der Waals surface area contributed by atoms with Gasteiger partial charge in [-0.05, 0) is 26.0 Å². The predicted octanol–water partition coefficient (Wildman–Crippen LogP) is 1.12. The Kier molecular flexibility index (Phi) is 5.45. The van der Waals surface area contributed by atoms with Gasteiger partial charge < -0.3 is 20.5 Å². The molecule has 0 bridgehead atoms. The molecule has 100 valence electrons. The number of hydrogen-bond donors (Lipinski definition) is 2. The summed E-state index contributed by atoms with van der Waals surface area (Å²) in [4.78, 5) is 13.8. The van der Waals surface area contributed by atoms with E-state index in [0.29, 0.717) is 36.7 Å². The van der Waals surface area contributed by atoms with Gasteiger partial charge in [-0.15, -0.1) is 0 Å². The minimum absolute atomic E-state index is 0.0636. The Morgan fingerprint density at radius 2 is 2.17 bits per heavy atom. The SMILES string of the molecule is CCOc1c(N)cccc1C(=O)N(CC)CCO. The number of benzene rings is 1. The number of aliphatic hydroxyl groups is 1. The molecule has 3 N–H and O–H groups in total. The van der Waals surface area contributed by atoms with E-state index in [-0.39, 0.29) is 12.5 Å². The van der Waals surface area contributed by atoms with E-state index in [0.717, 1.165) is 0 Å². The van der Waals surface area contributed by atoms with Gasteiger partial charge in [0.25, 0.3) is 5.91 Å². The van der Waals surface area contributed by atoms with Crippen LogP contribution in [-0.4, -0.2) is 42.2 Å². The van der Waals surface area contributed by atoms with Gasteiger partial charge in [0, 0.05) is 13.1 Å². The number of hydrogen-bond acceptors (Lipinski definition) is 4. The molecule has 0 spiro atoms. The van der Waals surface area contributed by atoms with Gasteiger partial charge in [-0.2, -0.15) is 0 Å². The molecule has 0 heterocycles. The van der Waals surface area contributed by atoms with Crippen LogP contribution in [0.5, 0.6) is 5.75 Å². The van der Waals surface area contributed by atoms with Crippen molar-refractivity contribution < 1.29 is 14.6 Å². The maximum absolute atomic E-state index is 12.3. The van der Waals surface area contributed by atoms with Crippen molar-refractivity contribution in [2.24, 2.45) is 0 Å². The lowest BCUT2D eigenvalue weighted by molar-refractivity contribution is 0.0728. The molecule has 0 aliphatic rings. The molecule has 0 unspecified atom stereocenters. The Hall–Kier alpha value is -1.75. The molecule has 5 heteroatoms. The van der Waals surface area contributed by atoms with Crippen molar-refractivity contribution in [2.45, 2.75) is 13.8 Å². The summed E-state index contributed by atoms with van der Waals surface area (Å²) in [6, 6.07) is 5.10. The first-order valence-corrected chi connectivity index (χ1v) is 6.07. The Morgan fingerprint density at radius 3 is 2.72 bits per heavy atom. The molecule has 18 heavy (non-hydrogen) atoms. The highest BCUT2D eigenvalue weighted by Gasteiger charge is 2.19. The Labute approximate surface area is 107 Å². The van der Waals surface area contributed by atoms with E-state index < -0.39 is 0 Å². The van der Waals surface area contributed by atoms with Crippen LogP contribution in [0, 0.1) is 0 Å². The fraction of sp³-hybridized carbons (Fsp3) is 0.462. The Morgan fingerprint density at radius 1 is 1.44 bits per heavy atom. The van der Waals surface area contributed by atoms with Crippen LogP contribution in [0.2, 0.25) is 0 Å². The number of para-hydroxylation sites is 1. The lowest BCUT2D eigenvalue weighted by atomic mass is 10.1. The van der Waals surface area contributed by atoms with Crippen molar-refractivity contribution in [3.05, 3.63) is 23.8 Å². The third-order valence-electron chi connectivity index (χ3n) is 2.60. The topological polar surface area (TPSA) is 75.8 Å². The van der Waals surface area contributed by atoms with Gasteiger partial charge in [-0.3, -0.25) is 4.79 Å². The summed E-state index contributed by atoms with van der Waals surface area (Å²) >= 11 is 0. The van der Waals surface area contributed by atoms with E-state index in [2.05, 4.69) is 0 Å². The number of nitrogens with two attached hydrogens (primary N) is 1. The maximum atomic E-state index is 12.3. The van der Waals surface area contributed by atoms with E-state index in [4.69, 9.17) is 15.6 Å². The summed E-state index contributed by atoms with van der Waals surface area (Å²) in [6.07, 6.45) is 0. The third kappa shape index (κ3) is 3.13. The molecule has 0 saturated carbocycles. The lowest BCUT2D eigenvalue weighted by Gasteiger charge is -2.21. The Balaban J connectivity index is 3.07. The van der Waals surface area contributed by atoms with Crippen molar-refractivity contribution in [3.8, 4) is 5.75 Å². The van der Waals surface area contributed by atoms with Crippen LogP contribution in [0.15, 0.2) is 18.2 Å². The van der Waals surface area contributed by atoms with Crippen LogP contribution in [0.3, 0.4) is 0 Å². The zero-order valence-corrected chi connectivity index (χ0v) is 10.8. The van der Waals surface area contributed by atoms with Gasteiger partial charge in [-0.1, -0.05) is 6.07 Å². The Bertz CT molecular complexity index is 407. The number of rotatable bonds is 6. The first-order chi connectivity index (χ1) is 8.65. The second-order valence-electron chi connectivity index (χ2n) is 3.77. The van der Waals surface area contributed by atoms with Crippen molar-refractivity contribution in [1.82, 2.24) is 4.90 Å². The third-order valence-corrected chi connectivity index (χ3v) is 2.60. The molecule has 1 rings (SSSR count). The summed E-state index contributed by atoms with van der Waals surface area (Å²) in [5.41, 5.74) is 6.70. The van der Waals surface area contributed by atoms with Crippen LogP contribution in [0.25, 0.3) is 0 Å². The highest BCUT2D eigenvalue weighted by Crippen LogP contribution is 2.27. The first kappa shape index (κ1) is 14.3. The summed E-state index contributed by atoms with van der Waals surface area (Å²) < 4.78 is 5.43. The molecule has 1 amide bonds. The van der Waals surface area contributed by atoms with Gasteiger partial charge >= 0.3 is 0 Å². The molecule has 0 aliphatic carbocycles. The molecular formula is C13H20N2O3. The van der Waals surface area contributed by atoms with E-state index in [9.17, 15) is 4.79 Å². The first-order valence-electron chi connectivity index (χ1n) is 6.07. The molecule has 1 aromatic rings. The van der Waals surface area contributed by atoms with E-state index in [1.807, 2.05) is 13.8 Å². The average Bonchev–Trinajstić information content (AvgIpc) is 2.37. The summed E-state index contributed by atoms with van der Waals surface area (Å²) in [5.74, 6) is 0.240. The molecule has 0 aliphatic heterocycles. The summed E-state index contributed by atoms with van der Waals surface area (Å²) in [6.45, 7) is 4.91. The monoisotopic (exact) mass is 252 g/mol. The highest BCUT2D eigenvalue weighted by atomic mass is 16.5. The minimum Gasteiger partial charge on any atom is -0.491 e. The second-order valence-corrected chi connectivity index (χ2v) is 3.77. The normalized spacial score (nSPS) is 10.2. The quantitative estimate of drug-likeness (QED) is 0.744. The lowest BCUT2D eigenvalue weighted by Crippen LogP contribution is -2.33. The molecule has 0 saturated heterocycles. The number of aliphatic hydroxyl groups excluding tert-OH is 1. The summed E-state index contributed by atoms with van der Waals surface area (Å²) in [7, 11) is 0. The number of nitrogens with zero attached hydrogens (tertiary/aromatic N) is 1. The number of amides is 1. The molecule has 1 aromatic carbocycles. The van der Waals surface area contributed by atoms with Crippen molar-refractivity contribution in [3.63, 3.8) is 0 Å². The minimum atomic E-state index is -0.178. The standard InChI is InChI=1S/C13H20N2O3/c1-3-15(8-9-16)13(17)10-6-5-7-11(14)12(10)18-4-2/h5-7,16H,3-4,8-9,14H2,1-2H3. The fourth-order valence-electron chi connectivity index (χ4n) is 1.72. The number of ether oxygens (including phenoxy) is 1. The predicted molar refractivity (Wildman–Crippen MR) is 70.7 cm³/mol. The number of carbonyl (C=O) groups excluding carboxylic acids is 1. The molecule has 0 fully saturated rings. The molecular weight excluding hydrogens is 232 g/mol. The van der Waals surface area contributed by atoms with E-state index in [1.54, 1.807) is 23.1 Å². The van der Waals surface area contributed by atoms with E-state index >= 15 is 0 Å². The van der Waals surface area contributed by atoms with Crippen LogP contribution in [0.4, 0.5) is 5.69 Å². The maximum Gasteiger partial charge on any atom is 0.257 e. The van der Waals surface area contributed by atoms with Crippen molar-refractivity contribution in [1.29, 1.82) is 0 Å². The number of carbonyl (C=O) groups is 1. The number of anilines is 1. The smallest absolute Gasteiger partial charge is 0.257 e. The van der Waals surface area contributed by atoms with Gasteiger partial charge in [0.1, 0.15) is 0 Å². The average molecular weight is 252 g/mol. The molecule has 5 nitrogen and oxygen atoms in total. The van der Waals surface area contributed by atoms with Gasteiger partial charge in [0.2, 0.25) is 0 Å². The zero-order chi connectivity index (χ0) is 13.5. The number of nitrogen functional groups attached to an aromatic ring is 1. The van der Waals surface area contributed by atoms with Crippen LogP contribution < -0.4 is 10.5 Å². The molecule has 0 radical (unpaired) electrons.